The average Bonchev–Trinajstić information content (AvgIpc) is 2.88. The normalized spacial score (nSPS) is 49.8. The minimum atomic E-state index is -1.98. The summed E-state index contributed by atoms with van der Waals surface area (Å²) in [4.78, 5) is 12.0. The zero-order valence-corrected chi connectivity index (χ0v) is 15.7. The highest BCUT2D eigenvalue weighted by Gasteiger charge is 2.64. The summed E-state index contributed by atoms with van der Waals surface area (Å²) in [7, 11) is 1.12. The summed E-state index contributed by atoms with van der Waals surface area (Å²) < 4.78 is 20.8. The van der Waals surface area contributed by atoms with E-state index < -0.39 is 79.2 Å². The number of carbonyl (C=O) groups excluding carboxylic acids is 1. The van der Waals surface area contributed by atoms with E-state index in [4.69, 9.17) is 14.2 Å². The molecule has 12 nitrogen and oxygen atoms in total. The Hall–Kier alpha value is -1.35. The molecule has 166 valence electrons. The summed E-state index contributed by atoms with van der Waals surface area (Å²) in [5, 5.41) is 70.7. The van der Waals surface area contributed by atoms with Crippen molar-refractivity contribution in [2.45, 2.75) is 61.7 Å². The maximum atomic E-state index is 12.0. The summed E-state index contributed by atoms with van der Waals surface area (Å²) in [6.07, 6.45) is -11.5. The molecule has 1 saturated heterocycles. The van der Waals surface area contributed by atoms with Crippen molar-refractivity contribution in [3.8, 4) is 0 Å². The molecule has 0 amide bonds. The number of esters is 1. The molecule has 0 unspecified atom stereocenters. The van der Waals surface area contributed by atoms with Crippen LogP contribution in [0.25, 0.3) is 0 Å². The summed E-state index contributed by atoms with van der Waals surface area (Å²) in [5.74, 6) is -3.16. The molecule has 2 aliphatic heterocycles. The van der Waals surface area contributed by atoms with Gasteiger partial charge in [0.2, 0.25) is 6.29 Å². The summed E-state index contributed by atoms with van der Waals surface area (Å²) >= 11 is 0. The molecule has 0 aromatic carbocycles. The zero-order chi connectivity index (χ0) is 21.7. The van der Waals surface area contributed by atoms with Crippen LogP contribution in [0.5, 0.6) is 0 Å². The van der Waals surface area contributed by atoms with E-state index in [1.165, 1.54) is 6.92 Å². The number of hydrogen-bond donors (Lipinski definition) is 7. The van der Waals surface area contributed by atoms with Crippen molar-refractivity contribution in [2.75, 3.05) is 13.7 Å². The van der Waals surface area contributed by atoms with E-state index in [-0.39, 0.29) is 5.57 Å². The average molecular weight is 422 g/mol. The third kappa shape index (κ3) is 3.54. The van der Waals surface area contributed by atoms with Gasteiger partial charge >= 0.3 is 5.97 Å². The monoisotopic (exact) mass is 422 g/mol. The first-order chi connectivity index (χ1) is 13.6. The van der Waals surface area contributed by atoms with Gasteiger partial charge in [-0.05, 0) is 6.92 Å². The van der Waals surface area contributed by atoms with E-state index in [1.807, 2.05) is 0 Å². The van der Waals surface area contributed by atoms with E-state index in [1.54, 1.807) is 0 Å². The summed E-state index contributed by atoms with van der Waals surface area (Å²) in [6.45, 7) is 0.544. The lowest BCUT2D eigenvalue weighted by Gasteiger charge is -2.44. The smallest absolute Gasteiger partial charge is 0.337 e. The number of ether oxygens (including phenoxy) is 4. The minimum Gasteiger partial charge on any atom is -0.471 e. The quantitative estimate of drug-likeness (QED) is 0.217. The predicted octanol–water partition coefficient (Wildman–Crippen LogP) is -4.07. The second kappa shape index (κ2) is 8.06. The van der Waals surface area contributed by atoms with Crippen molar-refractivity contribution in [3.63, 3.8) is 0 Å². The molecule has 0 bridgehead atoms. The maximum Gasteiger partial charge on any atom is 0.337 e. The van der Waals surface area contributed by atoms with Crippen LogP contribution >= 0.6 is 0 Å². The van der Waals surface area contributed by atoms with Crippen molar-refractivity contribution in [1.29, 1.82) is 0 Å². The van der Waals surface area contributed by atoms with Gasteiger partial charge in [-0.25, -0.2) is 4.79 Å². The first-order valence-electron chi connectivity index (χ1n) is 9.04. The summed E-state index contributed by atoms with van der Waals surface area (Å²) in [5.41, 5.74) is -2.10. The number of aliphatic hydroxyl groups excluding tert-OH is 6. The molecule has 11 atom stereocenters. The van der Waals surface area contributed by atoms with Gasteiger partial charge in [0.1, 0.15) is 30.5 Å². The molecule has 2 heterocycles. The largest absolute Gasteiger partial charge is 0.471 e. The Labute approximate surface area is 165 Å². The van der Waals surface area contributed by atoms with Gasteiger partial charge in [-0.1, -0.05) is 0 Å². The van der Waals surface area contributed by atoms with Crippen molar-refractivity contribution in [3.05, 3.63) is 11.8 Å². The number of rotatable bonds is 4. The van der Waals surface area contributed by atoms with Crippen LogP contribution in [-0.2, 0) is 23.7 Å². The van der Waals surface area contributed by atoms with Crippen LogP contribution in [-0.4, -0.2) is 110 Å². The molecule has 0 aromatic heterocycles. The lowest BCUT2D eigenvalue weighted by atomic mass is 9.80. The molecule has 2 fully saturated rings. The molecule has 3 aliphatic rings. The summed E-state index contributed by atoms with van der Waals surface area (Å²) in [6, 6.07) is 0. The topological polar surface area (TPSA) is 196 Å². The van der Waals surface area contributed by atoms with Gasteiger partial charge in [0.05, 0.1) is 43.2 Å². The van der Waals surface area contributed by atoms with Crippen LogP contribution < -0.4 is 0 Å². The molecule has 0 radical (unpaired) electrons. The second-order valence-corrected chi connectivity index (χ2v) is 7.62. The van der Waals surface area contributed by atoms with Crippen LogP contribution in [0, 0.1) is 11.8 Å². The van der Waals surface area contributed by atoms with Crippen LogP contribution in [0.4, 0.5) is 0 Å². The van der Waals surface area contributed by atoms with Crippen molar-refractivity contribution in [2.24, 2.45) is 11.8 Å². The van der Waals surface area contributed by atoms with E-state index >= 15 is 0 Å². The molecule has 0 aromatic rings. The molecular weight excluding hydrogens is 396 g/mol. The zero-order valence-electron chi connectivity index (χ0n) is 15.7. The number of aliphatic hydroxyl groups is 7. The lowest BCUT2D eigenvalue weighted by molar-refractivity contribution is -0.347. The highest BCUT2D eigenvalue weighted by molar-refractivity contribution is 5.89. The van der Waals surface area contributed by atoms with Gasteiger partial charge in [-0.2, -0.15) is 0 Å². The lowest BCUT2D eigenvalue weighted by Crippen LogP contribution is -2.61. The van der Waals surface area contributed by atoms with Crippen molar-refractivity contribution < 1.29 is 59.5 Å². The van der Waals surface area contributed by atoms with E-state index in [0.717, 1.165) is 13.4 Å². The third-order valence-electron chi connectivity index (χ3n) is 5.87. The van der Waals surface area contributed by atoms with Crippen LogP contribution in [0.2, 0.25) is 0 Å². The number of carbonyl (C=O) groups is 1. The van der Waals surface area contributed by atoms with Crippen molar-refractivity contribution >= 4 is 5.97 Å². The fraction of sp³-hybridized carbons (Fsp3) is 0.824. The van der Waals surface area contributed by atoms with Gasteiger partial charge in [0, 0.05) is 5.92 Å². The Kier molecular flexibility index (Phi) is 6.21. The minimum absolute atomic E-state index is 0.129. The molecule has 0 spiro atoms. The van der Waals surface area contributed by atoms with Crippen LogP contribution in [0.15, 0.2) is 11.8 Å². The first-order valence-corrected chi connectivity index (χ1v) is 9.04. The number of methoxy groups -OCH3 is 1. The Bertz CT molecular complexity index is 648. The maximum absolute atomic E-state index is 12.0. The van der Waals surface area contributed by atoms with E-state index in [0.29, 0.717) is 0 Å². The molecule has 12 heteroatoms. The Morgan fingerprint density at radius 3 is 2.34 bits per heavy atom. The van der Waals surface area contributed by atoms with Gasteiger partial charge in [-0.15, -0.1) is 0 Å². The van der Waals surface area contributed by atoms with E-state index in [2.05, 4.69) is 4.74 Å². The first kappa shape index (κ1) is 22.3. The molecule has 1 aliphatic carbocycles. The number of hydrogen-bond acceptors (Lipinski definition) is 12. The van der Waals surface area contributed by atoms with E-state index in [9.17, 15) is 40.5 Å². The molecule has 7 N–H and O–H groups in total. The molecular formula is C17H26O12. The third-order valence-corrected chi connectivity index (χ3v) is 5.87. The van der Waals surface area contributed by atoms with Crippen molar-refractivity contribution in [1.82, 2.24) is 0 Å². The fourth-order valence-electron chi connectivity index (χ4n) is 4.17. The SMILES string of the molecule is COC(=O)C1=CO[C@H](O[C@H]2O[C@@H](CO)[C@H](O)[C@@H](O)[C@@H]2O)[C@@H]2[C@H]1[C@@H](O)[C@@H](O)[C@@]2(C)O. The second-order valence-electron chi connectivity index (χ2n) is 7.62. The molecule has 3 rings (SSSR count). The van der Waals surface area contributed by atoms with Crippen LogP contribution in [0.3, 0.4) is 0 Å². The molecule has 29 heavy (non-hydrogen) atoms. The highest BCUT2D eigenvalue weighted by atomic mass is 16.8. The number of fused-ring (bicyclic) bond motifs is 1. The molecule has 1 saturated carbocycles. The Balaban J connectivity index is 1.90. The van der Waals surface area contributed by atoms with Crippen LogP contribution in [0.1, 0.15) is 6.92 Å². The van der Waals surface area contributed by atoms with Gasteiger partial charge in [0.15, 0.2) is 6.29 Å². The van der Waals surface area contributed by atoms with Gasteiger partial charge in [0.25, 0.3) is 0 Å². The standard InChI is InChI=1S/C17H26O12/c1-17(25)8-7(10(20)13(17)23)5(14(24)26-2)4-27-15(8)29-16-12(22)11(21)9(19)6(3-18)28-16/h4,6-13,15-16,18-23,25H,3H2,1-2H3/t6-,7-,8-,9-,10+,11+,12-,13+,15+,16+,17-/m0/s1. The fourth-order valence-corrected chi connectivity index (χ4v) is 4.17. The van der Waals surface area contributed by atoms with Gasteiger partial charge < -0.3 is 54.7 Å². The van der Waals surface area contributed by atoms with Gasteiger partial charge in [-0.3, -0.25) is 0 Å². The Morgan fingerprint density at radius 2 is 1.76 bits per heavy atom. The predicted molar refractivity (Wildman–Crippen MR) is 89.4 cm³/mol. The Morgan fingerprint density at radius 1 is 1.10 bits per heavy atom. The highest BCUT2D eigenvalue weighted by Crippen LogP contribution is 2.49.